The summed E-state index contributed by atoms with van der Waals surface area (Å²) in [6.45, 7) is 3.90. The summed E-state index contributed by atoms with van der Waals surface area (Å²) in [7, 11) is 0. The first kappa shape index (κ1) is 26.9. The maximum absolute atomic E-state index is 13.5. The lowest BCUT2D eigenvalue weighted by Gasteiger charge is -2.38. The van der Waals surface area contributed by atoms with Gasteiger partial charge in [0.15, 0.2) is 6.10 Å². The molecule has 0 spiro atoms. The molecule has 0 saturated carbocycles. The third kappa shape index (κ3) is 6.15. The van der Waals surface area contributed by atoms with Gasteiger partial charge in [0.25, 0.3) is 11.8 Å². The molecule has 0 unspecified atom stereocenters. The molecule has 2 aromatic carbocycles. The van der Waals surface area contributed by atoms with E-state index in [4.69, 9.17) is 11.6 Å². The van der Waals surface area contributed by atoms with Gasteiger partial charge in [0.2, 0.25) is 0 Å². The van der Waals surface area contributed by atoms with Crippen LogP contribution in [0.15, 0.2) is 48.5 Å². The molecule has 2 aromatic rings. The quantitative estimate of drug-likeness (QED) is 0.552. The van der Waals surface area contributed by atoms with Crippen LogP contribution in [0.2, 0.25) is 5.02 Å². The van der Waals surface area contributed by atoms with Gasteiger partial charge in [-0.15, -0.1) is 0 Å². The van der Waals surface area contributed by atoms with E-state index in [0.717, 1.165) is 44.5 Å². The highest BCUT2D eigenvalue weighted by atomic mass is 35.5. The SMILES string of the molecule is O=C(c1ccc(N2CCC(CC3CCN(C(=O)[C@H](O)c4ccccc4)CC3)CC2)cc1Cl)N1CC[C@H](F)C1. The maximum atomic E-state index is 13.5. The molecule has 0 bridgehead atoms. The van der Waals surface area contributed by atoms with E-state index in [1.807, 2.05) is 35.2 Å². The summed E-state index contributed by atoms with van der Waals surface area (Å²) >= 11 is 6.49. The number of hydrogen-bond donors (Lipinski definition) is 1. The van der Waals surface area contributed by atoms with Gasteiger partial charge in [-0.05, 0) is 74.1 Å². The molecule has 3 aliphatic heterocycles. The normalized spacial score (nSPS) is 22.1. The molecule has 0 aromatic heterocycles. The number of alkyl halides is 1. The highest BCUT2D eigenvalue weighted by molar-refractivity contribution is 6.34. The van der Waals surface area contributed by atoms with Crippen LogP contribution in [-0.4, -0.2) is 72.2 Å². The number of rotatable bonds is 6. The zero-order valence-electron chi connectivity index (χ0n) is 21.8. The van der Waals surface area contributed by atoms with E-state index in [1.54, 1.807) is 23.1 Å². The maximum Gasteiger partial charge on any atom is 0.256 e. The Morgan fingerprint density at radius 1 is 0.895 bits per heavy atom. The molecule has 6 nitrogen and oxygen atoms in total. The monoisotopic (exact) mass is 541 g/mol. The summed E-state index contributed by atoms with van der Waals surface area (Å²) in [6, 6.07) is 14.7. The van der Waals surface area contributed by atoms with Crippen LogP contribution in [-0.2, 0) is 4.79 Å². The average molecular weight is 542 g/mol. The number of halogens is 2. The van der Waals surface area contributed by atoms with E-state index < -0.39 is 12.3 Å². The minimum Gasteiger partial charge on any atom is -0.378 e. The van der Waals surface area contributed by atoms with Crippen LogP contribution in [0, 0.1) is 11.8 Å². The third-order valence-electron chi connectivity index (χ3n) is 8.52. The van der Waals surface area contributed by atoms with Crippen LogP contribution < -0.4 is 4.90 Å². The number of likely N-dealkylation sites (tertiary alicyclic amines) is 2. The molecule has 0 aliphatic carbocycles. The number of amides is 2. The number of benzene rings is 2. The molecular formula is C30H37ClFN3O3. The minimum absolute atomic E-state index is 0.148. The second kappa shape index (κ2) is 12.0. The lowest BCUT2D eigenvalue weighted by Crippen LogP contribution is -2.42. The molecule has 38 heavy (non-hydrogen) atoms. The molecule has 8 heteroatoms. The minimum atomic E-state index is -1.08. The fraction of sp³-hybridized carbons (Fsp3) is 0.533. The summed E-state index contributed by atoms with van der Waals surface area (Å²) in [5.41, 5.74) is 2.12. The summed E-state index contributed by atoms with van der Waals surface area (Å²) < 4.78 is 13.5. The number of hydrogen-bond acceptors (Lipinski definition) is 4. The number of nitrogens with zero attached hydrogens (tertiary/aromatic N) is 3. The van der Waals surface area contributed by atoms with Gasteiger partial charge >= 0.3 is 0 Å². The first-order chi connectivity index (χ1) is 18.4. The van der Waals surface area contributed by atoms with Crippen molar-refractivity contribution in [2.75, 3.05) is 44.2 Å². The van der Waals surface area contributed by atoms with E-state index >= 15 is 0 Å². The Balaban J connectivity index is 1.07. The fourth-order valence-electron chi connectivity index (χ4n) is 6.18. The number of carbonyl (C=O) groups is 2. The van der Waals surface area contributed by atoms with Crippen LogP contribution >= 0.6 is 11.6 Å². The number of aliphatic hydroxyl groups excluding tert-OH is 1. The van der Waals surface area contributed by atoms with Gasteiger partial charge in [-0.25, -0.2) is 4.39 Å². The number of anilines is 1. The van der Waals surface area contributed by atoms with E-state index in [9.17, 15) is 19.1 Å². The molecule has 2 amide bonds. The van der Waals surface area contributed by atoms with E-state index in [0.29, 0.717) is 54.0 Å². The van der Waals surface area contributed by atoms with Gasteiger partial charge in [0.1, 0.15) is 6.17 Å². The summed E-state index contributed by atoms with van der Waals surface area (Å²) in [5.74, 6) is 0.886. The molecule has 3 fully saturated rings. The van der Waals surface area contributed by atoms with Crippen LogP contribution in [0.25, 0.3) is 0 Å². The Morgan fingerprint density at radius 2 is 1.53 bits per heavy atom. The lowest BCUT2D eigenvalue weighted by atomic mass is 9.82. The number of aliphatic hydroxyl groups is 1. The van der Waals surface area contributed by atoms with Crippen molar-refractivity contribution in [1.82, 2.24) is 9.80 Å². The zero-order chi connectivity index (χ0) is 26.6. The lowest BCUT2D eigenvalue weighted by molar-refractivity contribution is -0.142. The summed E-state index contributed by atoms with van der Waals surface area (Å²) in [5, 5.41) is 10.9. The van der Waals surface area contributed by atoms with Crippen molar-refractivity contribution in [1.29, 1.82) is 0 Å². The molecule has 2 atom stereocenters. The predicted octanol–water partition coefficient (Wildman–Crippen LogP) is 5.10. The van der Waals surface area contributed by atoms with Crippen LogP contribution in [0.5, 0.6) is 0 Å². The molecule has 3 heterocycles. The highest BCUT2D eigenvalue weighted by Crippen LogP contribution is 2.33. The smallest absolute Gasteiger partial charge is 0.256 e. The van der Waals surface area contributed by atoms with Crippen molar-refractivity contribution >= 4 is 29.1 Å². The van der Waals surface area contributed by atoms with Crippen LogP contribution in [0.3, 0.4) is 0 Å². The van der Waals surface area contributed by atoms with Gasteiger partial charge in [-0.2, -0.15) is 0 Å². The highest BCUT2D eigenvalue weighted by Gasteiger charge is 2.31. The summed E-state index contributed by atoms with van der Waals surface area (Å²) in [4.78, 5) is 31.2. The second-order valence-electron chi connectivity index (χ2n) is 11.0. The molecule has 3 aliphatic rings. The molecular weight excluding hydrogens is 505 g/mol. The number of carbonyl (C=O) groups excluding carboxylic acids is 2. The fourth-order valence-corrected chi connectivity index (χ4v) is 6.44. The van der Waals surface area contributed by atoms with Gasteiger partial charge in [0, 0.05) is 38.4 Å². The van der Waals surface area contributed by atoms with E-state index in [-0.39, 0.29) is 18.4 Å². The number of piperidine rings is 2. The van der Waals surface area contributed by atoms with E-state index in [2.05, 4.69) is 4.90 Å². The standard InChI is InChI=1S/C30H37ClFN3O3/c31-27-19-25(6-7-26(27)29(37)35-17-12-24(32)20-35)33-13-8-21(9-14-33)18-22-10-15-34(16-11-22)30(38)28(36)23-4-2-1-3-5-23/h1-7,19,21-22,24,28,36H,8-18,20H2/t24-,28+/m0/s1. The molecule has 5 rings (SSSR count). The average Bonchev–Trinajstić information content (AvgIpc) is 3.39. The van der Waals surface area contributed by atoms with E-state index in [1.165, 1.54) is 6.42 Å². The Morgan fingerprint density at radius 3 is 2.13 bits per heavy atom. The second-order valence-corrected chi connectivity index (χ2v) is 11.5. The van der Waals surface area contributed by atoms with Crippen molar-refractivity contribution in [3.63, 3.8) is 0 Å². The van der Waals surface area contributed by atoms with Crippen molar-refractivity contribution in [3.8, 4) is 0 Å². The Labute approximate surface area is 229 Å². The van der Waals surface area contributed by atoms with Crippen LogP contribution in [0.1, 0.15) is 60.6 Å². The topological polar surface area (TPSA) is 64.1 Å². The zero-order valence-corrected chi connectivity index (χ0v) is 22.5. The van der Waals surface area contributed by atoms with Gasteiger partial charge in [0.05, 0.1) is 17.1 Å². The van der Waals surface area contributed by atoms with Gasteiger partial charge in [-0.3, -0.25) is 9.59 Å². The van der Waals surface area contributed by atoms with Crippen LogP contribution in [0.4, 0.5) is 10.1 Å². The first-order valence-electron chi connectivity index (χ1n) is 13.9. The largest absolute Gasteiger partial charge is 0.378 e. The Hall–Kier alpha value is -2.64. The van der Waals surface area contributed by atoms with Gasteiger partial charge < -0.3 is 19.8 Å². The molecule has 1 N–H and O–H groups in total. The first-order valence-corrected chi connectivity index (χ1v) is 14.3. The third-order valence-corrected chi connectivity index (χ3v) is 8.84. The predicted molar refractivity (Wildman–Crippen MR) is 147 cm³/mol. The molecule has 204 valence electrons. The van der Waals surface area contributed by atoms with Crippen molar-refractivity contribution in [2.45, 2.75) is 50.8 Å². The van der Waals surface area contributed by atoms with Crippen molar-refractivity contribution in [2.24, 2.45) is 11.8 Å². The Bertz CT molecular complexity index is 1120. The molecule has 0 radical (unpaired) electrons. The molecule has 3 saturated heterocycles. The van der Waals surface area contributed by atoms with Gasteiger partial charge in [-0.1, -0.05) is 41.9 Å². The Kier molecular flexibility index (Phi) is 8.54. The summed E-state index contributed by atoms with van der Waals surface area (Å²) in [6.07, 6.45) is 3.73. The van der Waals surface area contributed by atoms with Crippen molar-refractivity contribution in [3.05, 3.63) is 64.7 Å². The van der Waals surface area contributed by atoms with Crippen molar-refractivity contribution < 1.29 is 19.1 Å².